The van der Waals surface area contributed by atoms with Gasteiger partial charge in [0.2, 0.25) is 21.9 Å². The molecule has 242 valence electrons. The van der Waals surface area contributed by atoms with E-state index in [1.165, 1.54) is 35.8 Å². The molecule has 6 rings (SSSR count). The molecule has 0 aliphatic carbocycles. The van der Waals surface area contributed by atoms with Gasteiger partial charge in [0.15, 0.2) is 0 Å². The van der Waals surface area contributed by atoms with Crippen molar-refractivity contribution < 1.29 is 17.9 Å². The van der Waals surface area contributed by atoms with Crippen LogP contribution in [-0.2, 0) is 15.6 Å². The minimum absolute atomic E-state index is 0.150. The van der Waals surface area contributed by atoms with Crippen LogP contribution in [0.1, 0.15) is 42.4 Å². The van der Waals surface area contributed by atoms with Crippen molar-refractivity contribution in [3.63, 3.8) is 0 Å². The maximum Gasteiger partial charge on any atom is 0.243 e. The van der Waals surface area contributed by atoms with Crippen LogP contribution in [0.25, 0.3) is 0 Å². The molecule has 3 aromatic rings. The molecule has 3 fully saturated rings. The number of aryl methyl sites for hydroxylation is 2. The van der Waals surface area contributed by atoms with Crippen molar-refractivity contribution in [3.8, 4) is 11.6 Å². The Morgan fingerprint density at radius 3 is 2.29 bits per heavy atom. The largest absolute Gasteiger partial charge is 0.497 e. The maximum atomic E-state index is 13.4. The summed E-state index contributed by atoms with van der Waals surface area (Å²) in [5.74, 6) is 1.72. The number of rotatable bonds is 11. The SMILES string of the molecule is COc1cc(C)c(S(=O)(=O)N2CC(Oc3ccnc(N(C)CCN4CCC(c5ccccc5)(N5CCCC5)CC4)n3)C2)c(C)c1. The van der Waals surface area contributed by atoms with Gasteiger partial charge in [-0.3, -0.25) is 4.90 Å². The van der Waals surface area contributed by atoms with Gasteiger partial charge < -0.3 is 19.3 Å². The third kappa shape index (κ3) is 6.54. The smallest absolute Gasteiger partial charge is 0.243 e. The van der Waals surface area contributed by atoms with E-state index in [1.807, 2.05) is 7.05 Å². The molecule has 4 heterocycles. The second-order valence-corrected chi connectivity index (χ2v) is 14.6. The Labute approximate surface area is 268 Å². The average Bonchev–Trinajstić information content (AvgIpc) is 3.57. The van der Waals surface area contributed by atoms with Crippen molar-refractivity contribution in [3.05, 3.63) is 71.4 Å². The first-order valence-electron chi connectivity index (χ1n) is 16.1. The van der Waals surface area contributed by atoms with Gasteiger partial charge >= 0.3 is 0 Å². The van der Waals surface area contributed by atoms with Gasteiger partial charge in [-0.05, 0) is 81.4 Å². The minimum Gasteiger partial charge on any atom is -0.497 e. The molecule has 1 aromatic heterocycles. The van der Waals surface area contributed by atoms with Crippen LogP contribution in [0.3, 0.4) is 0 Å². The van der Waals surface area contributed by atoms with E-state index >= 15 is 0 Å². The van der Waals surface area contributed by atoms with Crippen LogP contribution < -0.4 is 14.4 Å². The zero-order valence-corrected chi connectivity index (χ0v) is 27.8. The Hall–Kier alpha value is -3.25. The Morgan fingerprint density at radius 2 is 1.64 bits per heavy atom. The van der Waals surface area contributed by atoms with E-state index in [-0.39, 0.29) is 24.7 Å². The molecule has 0 saturated carbocycles. The highest BCUT2D eigenvalue weighted by Gasteiger charge is 2.42. The first kappa shape index (κ1) is 31.7. The highest BCUT2D eigenvalue weighted by molar-refractivity contribution is 7.89. The molecule has 10 nitrogen and oxygen atoms in total. The monoisotopic (exact) mass is 634 g/mol. The molecule has 2 aromatic carbocycles. The third-order valence-corrected chi connectivity index (χ3v) is 11.9. The number of methoxy groups -OCH3 is 1. The molecule has 3 aliphatic heterocycles. The predicted molar refractivity (Wildman–Crippen MR) is 176 cm³/mol. The number of anilines is 1. The first-order chi connectivity index (χ1) is 21.7. The molecular formula is C34H46N6O4S. The normalized spacial score (nSPS) is 19.7. The zero-order valence-electron chi connectivity index (χ0n) is 27.0. The zero-order chi connectivity index (χ0) is 31.6. The molecule has 3 aliphatic rings. The van der Waals surface area contributed by atoms with Crippen LogP contribution in [-0.4, -0.2) is 105 Å². The fraction of sp³-hybridized carbons (Fsp3) is 0.529. The van der Waals surface area contributed by atoms with Crippen LogP contribution >= 0.6 is 0 Å². The fourth-order valence-corrected chi connectivity index (χ4v) is 9.12. The van der Waals surface area contributed by atoms with E-state index in [1.54, 1.807) is 45.4 Å². The molecule has 45 heavy (non-hydrogen) atoms. The van der Waals surface area contributed by atoms with Gasteiger partial charge in [-0.15, -0.1) is 0 Å². The highest BCUT2D eigenvalue weighted by atomic mass is 32.2. The van der Waals surface area contributed by atoms with E-state index in [2.05, 4.69) is 55.0 Å². The van der Waals surface area contributed by atoms with E-state index in [4.69, 9.17) is 9.47 Å². The molecule has 0 radical (unpaired) electrons. The number of ether oxygens (including phenoxy) is 2. The van der Waals surface area contributed by atoms with Gasteiger partial charge in [-0.1, -0.05) is 30.3 Å². The molecule has 0 atom stereocenters. The lowest BCUT2D eigenvalue weighted by molar-refractivity contribution is 0.0351. The molecule has 0 unspecified atom stereocenters. The molecular weight excluding hydrogens is 588 g/mol. The number of likely N-dealkylation sites (tertiary alicyclic amines) is 2. The average molecular weight is 635 g/mol. The lowest BCUT2D eigenvalue weighted by atomic mass is 9.79. The number of likely N-dealkylation sites (N-methyl/N-ethyl adjacent to an activating group) is 1. The van der Waals surface area contributed by atoms with Gasteiger partial charge in [0.05, 0.1) is 25.1 Å². The summed E-state index contributed by atoms with van der Waals surface area (Å²) in [5, 5.41) is 0. The van der Waals surface area contributed by atoms with Crippen molar-refractivity contribution in [1.29, 1.82) is 0 Å². The van der Waals surface area contributed by atoms with Crippen molar-refractivity contribution >= 4 is 16.0 Å². The molecule has 11 heteroatoms. The number of hydrogen-bond acceptors (Lipinski definition) is 9. The number of benzene rings is 2. The molecule has 0 N–H and O–H groups in total. The Morgan fingerprint density at radius 1 is 0.978 bits per heavy atom. The summed E-state index contributed by atoms with van der Waals surface area (Å²) in [6.07, 6.45) is 6.33. The lowest BCUT2D eigenvalue weighted by Crippen LogP contribution is -2.56. The van der Waals surface area contributed by atoms with E-state index in [0.29, 0.717) is 33.6 Å². The van der Waals surface area contributed by atoms with Gasteiger partial charge in [-0.2, -0.15) is 9.29 Å². The number of piperidine rings is 1. The minimum atomic E-state index is -3.63. The molecule has 0 spiro atoms. The van der Waals surface area contributed by atoms with Gasteiger partial charge in [0.25, 0.3) is 0 Å². The van der Waals surface area contributed by atoms with E-state index in [0.717, 1.165) is 39.0 Å². The molecule has 0 bridgehead atoms. The van der Waals surface area contributed by atoms with Gasteiger partial charge in [-0.25, -0.2) is 13.4 Å². The van der Waals surface area contributed by atoms with Crippen LogP contribution in [0.4, 0.5) is 5.95 Å². The number of sulfonamides is 1. The number of nitrogens with zero attached hydrogens (tertiary/aromatic N) is 6. The van der Waals surface area contributed by atoms with Crippen LogP contribution in [0.15, 0.2) is 59.6 Å². The summed E-state index contributed by atoms with van der Waals surface area (Å²) in [6, 6.07) is 16.4. The van der Waals surface area contributed by atoms with Crippen molar-refractivity contribution in [2.75, 3.05) is 71.4 Å². The Balaban J connectivity index is 1.01. The molecule has 0 amide bonds. The topological polar surface area (TPSA) is 91.3 Å². The third-order valence-electron chi connectivity index (χ3n) is 9.79. The van der Waals surface area contributed by atoms with Crippen LogP contribution in [0.2, 0.25) is 0 Å². The predicted octanol–water partition coefficient (Wildman–Crippen LogP) is 4.08. The van der Waals surface area contributed by atoms with Gasteiger partial charge in [0.1, 0.15) is 11.9 Å². The first-order valence-corrected chi connectivity index (χ1v) is 17.5. The van der Waals surface area contributed by atoms with Crippen molar-refractivity contribution in [2.24, 2.45) is 0 Å². The summed E-state index contributed by atoms with van der Waals surface area (Å²) in [5.41, 5.74) is 2.96. The van der Waals surface area contributed by atoms with Crippen LogP contribution in [0.5, 0.6) is 11.6 Å². The molecule has 3 saturated heterocycles. The maximum absolute atomic E-state index is 13.4. The number of hydrogen-bond donors (Lipinski definition) is 0. The van der Waals surface area contributed by atoms with E-state index < -0.39 is 10.0 Å². The summed E-state index contributed by atoms with van der Waals surface area (Å²) in [6.45, 7) is 10.4. The number of aromatic nitrogens is 2. The summed E-state index contributed by atoms with van der Waals surface area (Å²) >= 11 is 0. The Kier molecular flexibility index (Phi) is 9.33. The second-order valence-electron chi connectivity index (χ2n) is 12.7. The van der Waals surface area contributed by atoms with Crippen molar-refractivity contribution in [1.82, 2.24) is 24.1 Å². The highest BCUT2D eigenvalue weighted by Crippen LogP contribution is 2.41. The van der Waals surface area contributed by atoms with Crippen LogP contribution in [0, 0.1) is 13.8 Å². The Bertz CT molecular complexity index is 1540. The van der Waals surface area contributed by atoms with E-state index in [9.17, 15) is 8.42 Å². The quantitative estimate of drug-likeness (QED) is 0.310. The lowest BCUT2D eigenvalue weighted by Gasteiger charge is -2.48. The second kappa shape index (κ2) is 13.2. The standard InChI is InChI=1S/C34H46N6O4S/c1-26-22-29(43-4)23-27(2)32(26)45(41,42)40-24-30(25-40)44-31-12-15-35-33(36-31)37(3)20-21-38-18-13-34(14-19-38,39-16-8-9-17-39)28-10-6-5-7-11-28/h5-7,10-12,15,22-23,30H,8-9,13-14,16-21,24-25H2,1-4H3. The summed E-state index contributed by atoms with van der Waals surface area (Å²) in [4.78, 5) is 16.8. The van der Waals surface area contributed by atoms with Crippen molar-refractivity contribution in [2.45, 2.75) is 56.1 Å². The fourth-order valence-electron chi connectivity index (χ4n) is 7.21. The summed E-state index contributed by atoms with van der Waals surface area (Å²) in [7, 11) is -0.0405. The summed E-state index contributed by atoms with van der Waals surface area (Å²) < 4.78 is 39.6. The van der Waals surface area contributed by atoms with Gasteiger partial charge in [0, 0.05) is 51.0 Å².